The van der Waals surface area contributed by atoms with E-state index in [0.29, 0.717) is 11.8 Å². The van der Waals surface area contributed by atoms with Crippen LogP contribution in [-0.4, -0.2) is 11.1 Å². The average molecular weight is 258 g/mol. The summed E-state index contributed by atoms with van der Waals surface area (Å²) in [5, 5.41) is 9.77. The van der Waals surface area contributed by atoms with Crippen LogP contribution in [0, 0.1) is 17.3 Å². The van der Waals surface area contributed by atoms with Gasteiger partial charge in [-0.1, -0.05) is 62.9 Å². The summed E-state index contributed by atoms with van der Waals surface area (Å²) in [6.45, 7) is 2.04. The molecule has 0 radical (unpaired) electrons. The Kier molecular flexibility index (Phi) is 3.12. The van der Waals surface area contributed by atoms with E-state index in [1.807, 2.05) is 25.1 Å². The molecule has 0 aromatic heterocycles. The highest BCUT2D eigenvalue weighted by Gasteiger charge is 2.70. The molecule has 0 aliphatic heterocycles. The Labute approximate surface area is 114 Å². The van der Waals surface area contributed by atoms with Crippen LogP contribution in [0.2, 0.25) is 0 Å². The Morgan fingerprint density at radius 1 is 1.26 bits per heavy atom. The molecule has 1 N–H and O–H groups in total. The van der Waals surface area contributed by atoms with Crippen molar-refractivity contribution in [1.29, 1.82) is 0 Å². The topological polar surface area (TPSA) is 37.3 Å². The molecule has 1 aromatic carbocycles. The summed E-state index contributed by atoms with van der Waals surface area (Å²) in [4.78, 5) is 11.9. The van der Waals surface area contributed by atoms with E-state index in [1.54, 1.807) is 0 Å². The van der Waals surface area contributed by atoms with Crippen molar-refractivity contribution in [3.05, 3.63) is 35.9 Å². The Morgan fingerprint density at radius 3 is 2.42 bits per heavy atom. The van der Waals surface area contributed by atoms with Crippen LogP contribution in [0.3, 0.4) is 0 Å². The van der Waals surface area contributed by atoms with E-state index in [-0.39, 0.29) is 5.92 Å². The number of rotatable bonds is 4. The lowest BCUT2D eigenvalue weighted by Gasteiger charge is -2.13. The van der Waals surface area contributed by atoms with E-state index in [9.17, 15) is 9.90 Å². The number of hydrogen-bond acceptors (Lipinski definition) is 1. The van der Waals surface area contributed by atoms with Crippen molar-refractivity contribution in [2.24, 2.45) is 17.3 Å². The third-order valence-electron chi connectivity index (χ3n) is 5.45. The molecular formula is C17H22O2. The van der Waals surface area contributed by atoms with Crippen LogP contribution >= 0.6 is 0 Å². The van der Waals surface area contributed by atoms with Gasteiger partial charge < -0.3 is 5.11 Å². The molecule has 2 fully saturated rings. The molecule has 2 aliphatic rings. The predicted octanol–water partition coefficient (Wildman–Crippen LogP) is 4.07. The number of carboxylic acids is 1. The molecule has 2 saturated carbocycles. The summed E-state index contributed by atoms with van der Waals surface area (Å²) in [6.07, 6.45) is 5.76. The zero-order valence-corrected chi connectivity index (χ0v) is 11.5. The normalized spacial score (nSPS) is 34.4. The molecular weight excluding hydrogens is 236 g/mol. The largest absolute Gasteiger partial charge is 0.481 e. The number of aliphatic carboxylic acids is 1. The summed E-state index contributed by atoms with van der Waals surface area (Å²) in [7, 11) is 0. The highest BCUT2D eigenvalue weighted by atomic mass is 16.4. The summed E-state index contributed by atoms with van der Waals surface area (Å²) < 4.78 is 0. The van der Waals surface area contributed by atoms with Gasteiger partial charge in [0.2, 0.25) is 0 Å². The first-order valence-electron chi connectivity index (χ1n) is 7.50. The van der Waals surface area contributed by atoms with Gasteiger partial charge >= 0.3 is 5.97 Å². The van der Waals surface area contributed by atoms with Crippen LogP contribution in [0.5, 0.6) is 0 Å². The first-order valence-corrected chi connectivity index (χ1v) is 7.50. The maximum Gasteiger partial charge on any atom is 0.310 e. The second-order valence-electron chi connectivity index (χ2n) is 6.16. The molecule has 3 unspecified atom stereocenters. The van der Waals surface area contributed by atoms with E-state index >= 15 is 0 Å². The first kappa shape index (κ1) is 12.7. The predicted molar refractivity (Wildman–Crippen MR) is 75.0 cm³/mol. The molecule has 0 saturated heterocycles. The third-order valence-corrected chi connectivity index (χ3v) is 5.45. The molecule has 1 aromatic rings. The number of hydrogen-bond donors (Lipinski definition) is 1. The quantitative estimate of drug-likeness (QED) is 0.883. The van der Waals surface area contributed by atoms with Gasteiger partial charge in [-0.25, -0.2) is 0 Å². The second kappa shape index (κ2) is 4.66. The molecule has 0 amide bonds. The van der Waals surface area contributed by atoms with Crippen molar-refractivity contribution in [1.82, 2.24) is 0 Å². The fraction of sp³-hybridized carbons (Fsp3) is 0.588. The highest BCUT2D eigenvalue weighted by Crippen LogP contribution is 2.71. The molecule has 3 atom stereocenters. The van der Waals surface area contributed by atoms with Crippen molar-refractivity contribution in [2.75, 3.05) is 0 Å². The second-order valence-corrected chi connectivity index (χ2v) is 6.16. The van der Waals surface area contributed by atoms with Crippen molar-refractivity contribution >= 4 is 5.97 Å². The Balaban J connectivity index is 1.94. The van der Waals surface area contributed by atoms with Crippen LogP contribution in [0.15, 0.2) is 30.3 Å². The SMILES string of the molecule is CCC1(C(=O)O)C(c2ccccc2)C1C1CCCC1. The van der Waals surface area contributed by atoms with Gasteiger partial charge in [-0.3, -0.25) is 4.79 Å². The van der Waals surface area contributed by atoms with Crippen molar-refractivity contribution in [3.8, 4) is 0 Å². The summed E-state index contributed by atoms with van der Waals surface area (Å²) in [6, 6.07) is 10.3. The van der Waals surface area contributed by atoms with Gasteiger partial charge in [0.1, 0.15) is 0 Å². The van der Waals surface area contributed by atoms with E-state index in [4.69, 9.17) is 0 Å². The average Bonchev–Trinajstić information content (AvgIpc) is 2.83. The number of carboxylic acid groups (broad SMARTS) is 1. The van der Waals surface area contributed by atoms with Gasteiger partial charge in [-0.2, -0.15) is 0 Å². The maximum absolute atomic E-state index is 11.9. The van der Waals surface area contributed by atoms with E-state index in [2.05, 4.69) is 12.1 Å². The lowest BCUT2D eigenvalue weighted by Crippen LogP contribution is -2.20. The van der Waals surface area contributed by atoms with E-state index in [1.165, 1.54) is 31.2 Å². The lowest BCUT2D eigenvalue weighted by molar-refractivity contribution is -0.144. The van der Waals surface area contributed by atoms with Gasteiger partial charge in [0.05, 0.1) is 5.41 Å². The molecule has 2 heteroatoms. The molecule has 0 bridgehead atoms. The van der Waals surface area contributed by atoms with Gasteiger partial charge in [-0.15, -0.1) is 0 Å². The van der Waals surface area contributed by atoms with E-state index < -0.39 is 11.4 Å². The Morgan fingerprint density at radius 2 is 1.89 bits per heavy atom. The van der Waals surface area contributed by atoms with Gasteiger partial charge in [0.15, 0.2) is 0 Å². The zero-order valence-electron chi connectivity index (χ0n) is 11.5. The van der Waals surface area contributed by atoms with Crippen LogP contribution in [0.4, 0.5) is 0 Å². The molecule has 0 heterocycles. The van der Waals surface area contributed by atoms with Crippen LogP contribution in [0.1, 0.15) is 50.5 Å². The van der Waals surface area contributed by atoms with Crippen LogP contribution in [-0.2, 0) is 4.79 Å². The maximum atomic E-state index is 11.9. The van der Waals surface area contributed by atoms with Crippen LogP contribution < -0.4 is 0 Å². The summed E-state index contributed by atoms with van der Waals surface area (Å²) in [5.41, 5.74) is 0.736. The fourth-order valence-corrected chi connectivity index (χ4v) is 4.53. The minimum atomic E-state index is -0.583. The zero-order chi connectivity index (χ0) is 13.5. The minimum absolute atomic E-state index is 0.235. The molecule has 2 aliphatic carbocycles. The minimum Gasteiger partial charge on any atom is -0.481 e. The molecule has 3 rings (SSSR count). The van der Waals surface area contributed by atoms with Gasteiger partial charge in [-0.05, 0) is 23.8 Å². The Bertz CT molecular complexity index is 461. The summed E-state index contributed by atoms with van der Waals surface area (Å²) in [5.74, 6) is 0.640. The van der Waals surface area contributed by atoms with Crippen molar-refractivity contribution < 1.29 is 9.90 Å². The highest BCUT2D eigenvalue weighted by molar-refractivity contribution is 5.81. The molecule has 2 nitrogen and oxygen atoms in total. The van der Waals surface area contributed by atoms with E-state index in [0.717, 1.165) is 6.42 Å². The standard InChI is InChI=1S/C17H22O2/c1-2-17(16(18)19)14(12-8-4-3-5-9-12)15(17)13-10-6-7-11-13/h3-5,8-9,13-15H,2,6-7,10-11H2,1H3,(H,18,19). The van der Waals surface area contributed by atoms with Crippen molar-refractivity contribution in [2.45, 2.75) is 44.9 Å². The third kappa shape index (κ3) is 1.80. The van der Waals surface area contributed by atoms with Gasteiger partial charge in [0.25, 0.3) is 0 Å². The number of benzene rings is 1. The first-order chi connectivity index (χ1) is 9.21. The Hall–Kier alpha value is -1.31. The molecule has 19 heavy (non-hydrogen) atoms. The van der Waals surface area contributed by atoms with Crippen LogP contribution in [0.25, 0.3) is 0 Å². The van der Waals surface area contributed by atoms with Crippen molar-refractivity contribution in [3.63, 3.8) is 0 Å². The number of carbonyl (C=O) groups is 1. The molecule has 102 valence electrons. The monoisotopic (exact) mass is 258 g/mol. The fourth-order valence-electron chi connectivity index (χ4n) is 4.53. The van der Waals surface area contributed by atoms with Gasteiger partial charge in [0, 0.05) is 5.92 Å². The smallest absolute Gasteiger partial charge is 0.310 e. The molecule has 0 spiro atoms. The lowest BCUT2D eigenvalue weighted by atomic mass is 9.91. The summed E-state index contributed by atoms with van der Waals surface area (Å²) >= 11 is 0.